The molecule has 0 N–H and O–H groups in total. The van der Waals surface area contributed by atoms with Crippen molar-refractivity contribution < 1.29 is 0 Å². The Labute approximate surface area is 387 Å². The standard InChI is InChI=1S/C63H40N2S/c1-3-15-45(16-4-1)64(46-17-5-2-6-18-46)47-33-27-42(28-34-47)44-32-38-57-54(40-44)62-61(52-22-10-14-26-60(52)66-62)63(57)55-23-11-7-19-49(55)53-39-43(31-37-56(53)63)41-29-35-48(36-30-41)65-58-24-12-8-20-50(58)51-21-9-13-25-59(51)65/h1-40H. The van der Waals surface area contributed by atoms with Crippen molar-refractivity contribution in [2.75, 3.05) is 4.90 Å². The molecule has 1 atom stereocenters. The van der Waals surface area contributed by atoms with Gasteiger partial charge in [0.25, 0.3) is 0 Å². The largest absolute Gasteiger partial charge is 0.311 e. The molecule has 2 heterocycles. The van der Waals surface area contributed by atoms with Gasteiger partial charge in [-0.25, -0.2) is 0 Å². The van der Waals surface area contributed by atoms with Crippen molar-refractivity contribution >= 4 is 60.3 Å². The van der Waals surface area contributed by atoms with E-state index in [4.69, 9.17) is 0 Å². The molecule has 0 saturated carbocycles. The lowest BCUT2D eigenvalue weighted by atomic mass is 9.70. The van der Waals surface area contributed by atoms with Crippen molar-refractivity contribution in [3.63, 3.8) is 0 Å². The summed E-state index contributed by atoms with van der Waals surface area (Å²) < 4.78 is 3.72. The van der Waals surface area contributed by atoms with Crippen LogP contribution in [-0.2, 0) is 5.41 Å². The molecule has 66 heavy (non-hydrogen) atoms. The van der Waals surface area contributed by atoms with Gasteiger partial charge in [-0.05, 0) is 145 Å². The second kappa shape index (κ2) is 14.4. The molecule has 0 radical (unpaired) electrons. The monoisotopic (exact) mass is 856 g/mol. The highest BCUT2D eigenvalue weighted by atomic mass is 32.1. The van der Waals surface area contributed by atoms with Crippen LogP contribution in [0.1, 0.15) is 22.3 Å². The average Bonchev–Trinajstić information content (AvgIpc) is 4.11. The van der Waals surface area contributed by atoms with E-state index >= 15 is 0 Å². The van der Waals surface area contributed by atoms with Gasteiger partial charge in [0, 0.05) is 43.1 Å². The van der Waals surface area contributed by atoms with Crippen molar-refractivity contribution in [1.82, 2.24) is 4.57 Å². The molecule has 2 aromatic heterocycles. The Balaban J connectivity index is 0.892. The lowest BCUT2D eigenvalue weighted by Gasteiger charge is -2.30. The summed E-state index contributed by atoms with van der Waals surface area (Å²) in [7, 11) is 0. The van der Waals surface area contributed by atoms with Gasteiger partial charge in [-0.15, -0.1) is 11.3 Å². The normalized spacial score (nSPS) is 14.4. The fraction of sp³-hybridized carbons (Fsp3) is 0.0159. The zero-order chi connectivity index (χ0) is 43.3. The highest BCUT2D eigenvalue weighted by Crippen LogP contribution is 2.66. The minimum absolute atomic E-state index is 0.441. The van der Waals surface area contributed by atoms with Gasteiger partial charge in [0.2, 0.25) is 0 Å². The van der Waals surface area contributed by atoms with E-state index in [0.717, 1.165) is 22.7 Å². The predicted molar refractivity (Wildman–Crippen MR) is 278 cm³/mol. The van der Waals surface area contributed by atoms with Gasteiger partial charge in [0.1, 0.15) is 0 Å². The molecule has 3 heteroatoms. The van der Waals surface area contributed by atoms with Gasteiger partial charge in [-0.2, -0.15) is 0 Å². The Kier molecular flexibility index (Phi) is 8.10. The van der Waals surface area contributed by atoms with E-state index in [1.54, 1.807) is 0 Å². The molecular formula is C63H40N2S. The Morgan fingerprint density at radius 3 is 1.47 bits per heavy atom. The van der Waals surface area contributed by atoms with Crippen LogP contribution in [0.3, 0.4) is 0 Å². The molecule has 1 unspecified atom stereocenters. The molecule has 0 amide bonds. The molecule has 2 aliphatic carbocycles. The molecule has 10 aromatic carbocycles. The smallest absolute Gasteiger partial charge is 0.0740 e. The molecule has 308 valence electrons. The second-order valence-electron chi connectivity index (χ2n) is 17.6. The quantitative estimate of drug-likeness (QED) is 0.162. The fourth-order valence-corrected chi connectivity index (χ4v) is 12.7. The van der Waals surface area contributed by atoms with E-state index in [0.29, 0.717) is 0 Å². The maximum Gasteiger partial charge on any atom is 0.0740 e. The van der Waals surface area contributed by atoms with Crippen LogP contribution in [0.25, 0.3) is 81.4 Å². The summed E-state index contributed by atoms with van der Waals surface area (Å²) >= 11 is 1.94. The van der Waals surface area contributed by atoms with Crippen LogP contribution in [0.5, 0.6) is 0 Å². The van der Waals surface area contributed by atoms with Crippen molar-refractivity contribution in [2.24, 2.45) is 0 Å². The van der Waals surface area contributed by atoms with E-state index in [1.165, 1.54) is 98.0 Å². The van der Waals surface area contributed by atoms with E-state index in [2.05, 4.69) is 252 Å². The van der Waals surface area contributed by atoms with Crippen LogP contribution in [0, 0.1) is 0 Å². The number of hydrogen-bond donors (Lipinski definition) is 0. The first kappa shape index (κ1) is 37.2. The summed E-state index contributed by atoms with van der Waals surface area (Å²) in [5, 5.41) is 3.89. The van der Waals surface area contributed by atoms with Crippen molar-refractivity contribution in [1.29, 1.82) is 0 Å². The highest BCUT2D eigenvalue weighted by Gasteiger charge is 2.53. The topological polar surface area (TPSA) is 8.17 Å². The van der Waals surface area contributed by atoms with Gasteiger partial charge < -0.3 is 9.47 Å². The van der Waals surface area contributed by atoms with Crippen LogP contribution in [-0.4, -0.2) is 4.57 Å². The second-order valence-corrected chi connectivity index (χ2v) is 18.6. The Hall–Kier alpha value is -8.24. The van der Waals surface area contributed by atoms with E-state index in [1.807, 2.05) is 11.3 Å². The summed E-state index contributed by atoms with van der Waals surface area (Å²) in [6, 6.07) is 89.6. The summed E-state index contributed by atoms with van der Waals surface area (Å²) in [4.78, 5) is 3.69. The van der Waals surface area contributed by atoms with Crippen LogP contribution < -0.4 is 4.90 Å². The highest BCUT2D eigenvalue weighted by molar-refractivity contribution is 7.22. The molecule has 1 spiro atoms. The van der Waals surface area contributed by atoms with Gasteiger partial charge in [-0.1, -0.05) is 164 Å². The molecule has 12 aromatic rings. The van der Waals surface area contributed by atoms with E-state index < -0.39 is 5.41 Å². The summed E-state index contributed by atoms with van der Waals surface area (Å²) in [6.45, 7) is 0. The number of aromatic nitrogens is 1. The third-order valence-electron chi connectivity index (χ3n) is 14.2. The summed E-state index contributed by atoms with van der Waals surface area (Å²) in [5.41, 5.74) is 20.9. The van der Waals surface area contributed by atoms with Crippen LogP contribution in [0.4, 0.5) is 17.1 Å². The molecule has 2 aliphatic rings. The number of nitrogens with zero attached hydrogens (tertiary/aromatic N) is 2. The van der Waals surface area contributed by atoms with Crippen LogP contribution in [0.2, 0.25) is 0 Å². The first-order chi connectivity index (χ1) is 32.7. The van der Waals surface area contributed by atoms with E-state index in [-0.39, 0.29) is 0 Å². The number of rotatable bonds is 6. The molecule has 14 rings (SSSR count). The number of thiophene rings is 1. The van der Waals surface area contributed by atoms with Crippen LogP contribution >= 0.6 is 11.3 Å². The number of benzene rings is 10. The fourth-order valence-electron chi connectivity index (χ4n) is 11.4. The first-order valence-corrected chi connectivity index (χ1v) is 23.6. The third kappa shape index (κ3) is 5.29. The van der Waals surface area contributed by atoms with Gasteiger partial charge in [-0.3, -0.25) is 0 Å². The van der Waals surface area contributed by atoms with Gasteiger partial charge in [0.05, 0.1) is 16.4 Å². The number of hydrogen-bond acceptors (Lipinski definition) is 2. The summed E-state index contributed by atoms with van der Waals surface area (Å²) in [6.07, 6.45) is 0. The first-order valence-electron chi connectivity index (χ1n) is 22.7. The number of anilines is 3. The maximum absolute atomic E-state index is 2.47. The zero-order valence-electron chi connectivity index (χ0n) is 35.9. The molecule has 0 bridgehead atoms. The third-order valence-corrected chi connectivity index (χ3v) is 15.4. The summed E-state index contributed by atoms with van der Waals surface area (Å²) in [5.74, 6) is 0. The number of para-hydroxylation sites is 4. The maximum atomic E-state index is 2.47. The lowest BCUT2D eigenvalue weighted by Crippen LogP contribution is -2.25. The number of fused-ring (bicyclic) bond motifs is 15. The van der Waals surface area contributed by atoms with Crippen molar-refractivity contribution in [3.05, 3.63) is 265 Å². The molecule has 0 fully saturated rings. The molecule has 2 nitrogen and oxygen atoms in total. The molecular weight excluding hydrogens is 817 g/mol. The predicted octanol–water partition coefficient (Wildman–Crippen LogP) is 17.1. The molecule has 0 aliphatic heterocycles. The Morgan fingerprint density at radius 1 is 0.348 bits per heavy atom. The van der Waals surface area contributed by atoms with Crippen molar-refractivity contribution in [3.8, 4) is 49.5 Å². The SMILES string of the molecule is c1ccc(N(c2ccccc2)c2ccc(-c3ccc4c(c3)-c3sc5ccccc5c3C43c4ccccc4-c4cc(-c5ccc(-n6c7ccccc7c7ccccc76)cc5)ccc43)cc2)cc1. The minimum Gasteiger partial charge on any atom is -0.311 e. The van der Waals surface area contributed by atoms with Gasteiger partial charge in [0.15, 0.2) is 0 Å². The van der Waals surface area contributed by atoms with Gasteiger partial charge >= 0.3 is 0 Å². The Bertz CT molecular complexity index is 3770. The lowest BCUT2D eigenvalue weighted by molar-refractivity contribution is 0.803. The average molecular weight is 857 g/mol. The van der Waals surface area contributed by atoms with Crippen molar-refractivity contribution in [2.45, 2.75) is 5.41 Å². The van der Waals surface area contributed by atoms with Crippen LogP contribution in [0.15, 0.2) is 243 Å². The Morgan fingerprint density at radius 2 is 0.818 bits per heavy atom. The zero-order valence-corrected chi connectivity index (χ0v) is 36.7. The molecule has 0 saturated heterocycles. The minimum atomic E-state index is -0.441. The van der Waals surface area contributed by atoms with E-state index in [9.17, 15) is 0 Å².